The molecule has 42 heavy (non-hydrogen) atoms. The van der Waals surface area contributed by atoms with Gasteiger partial charge >= 0.3 is 7.60 Å². The van der Waals surface area contributed by atoms with Crippen molar-refractivity contribution in [2.75, 3.05) is 26.4 Å². The van der Waals surface area contributed by atoms with Gasteiger partial charge in [-0.05, 0) is 99.3 Å². The minimum Gasteiger partial charge on any atom is -0.389 e. The van der Waals surface area contributed by atoms with Gasteiger partial charge in [-0.25, -0.2) is 0 Å². The number of fused-ring (bicyclic) bond motifs is 4. The Morgan fingerprint density at radius 1 is 1.02 bits per heavy atom. The van der Waals surface area contributed by atoms with Gasteiger partial charge in [-0.3, -0.25) is 9.36 Å². The largest absolute Gasteiger partial charge is 0.389 e. The van der Waals surface area contributed by atoms with Crippen LogP contribution in [-0.4, -0.2) is 48.7 Å². The highest BCUT2D eigenvalue weighted by Crippen LogP contribution is 2.73. The first kappa shape index (κ1) is 29.6. The number of rotatable bonds is 5. The quantitative estimate of drug-likeness (QED) is 0.397. The van der Waals surface area contributed by atoms with Crippen molar-refractivity contribution in [2.24, 2.45) is 34.0 Å². The molecule has 5 fully saturated rings. The highest BCUT2D eigenvalue weighted by Gasteiger charge is 2.72. The van der Waals surface area contributed by atoms with E-state index in [1.54, 1.807) is 0 Å². The Labute approximate surface area is 250 Å². The average molecular weight is 601 g/mol. The summed E-state index contributed by atoms with van der Waals surface area (Å²) >= 11 is 0. The summed E-state index contributed by atoms with van der Waals surface area (Å²) in [4.78, 5) is 13.5. The molecule has 2 unspecified atom stereocenters. The minimum atomic E-state index is -3.47. The van der Waals surface area contributed by atoms with Gasteiger partial charge in [0.05, 0.1) is 37.3 Å². The Morgan fingerprint density at radius 3 is 2.43 bits per heavy atom. The third-order valence-corrected chi connectivity index (χ3v) is 14.7. The lowest BCUT2D eigenvalue weighted by Gasteiger charge is -2.69. The van der Waals surface area contributed by atoms with E-state index in [0.29, 0.717) is 74.5 Å². The predicted octanol–water partition coefficient (Wildman–Crippen LogP) is 6.30. The summed E-state index contributed by atoms with van der Waals surface area (Å²) in [5, 5.41) is 13.5. The van der Waals surface area contributed by atoms with Crippen molar-refractivity contribution in [3.05, 3.63) is 29.3 Å². The van der Waals surface area contributed by atoms with E-state index < -0.39 is 19.0 Å². The Hall–Kier alpha value is -1.08. The number of hydrogen-bond donors (Lipinski definition) is 1. The van der Waals surface area contributed by atoms with Crippen LogP contribution in [0.25, 0.3) is 0 Å². The fraction of sp³-hybridized carbons (Fsp3) is 0.794. The van der Waals surface area contributed by atoms with Crippen molar-refractivity contribution in [3.8, 4) is 0 Å². The van der Waals surface area contributed by atoms with Crippen LogP contribution in [0.1, 0.15) is 103 Å². The van der Waals surface area contributed by atoms with E-state index >= 15 is 0 Å². The van der Waals surface area contributed by atoms with E-state index in [-0.39, 0.29) is 22.2 Å². The van der Waals surface area contributed by atoms with Crippen LogP contribution in [0.4, 0.5) is 0 Å². The third kappa shape index (κ3) is 4.09. The van der Waals surface area contributed by atoms with Crippen LogP contribution in [0.2, 0.25) is 0 Å². The zero-order valence-corrected chi connectivity index (χ0v) is 27.0. The Bertz CT molecular complexity index is 1300. The zero-order chi connectivity index (χ0) is 29.8. The monoisotopic (exact) mass is 600 g/mol. The lowest BCUT2D eigenvalue weighted by Crippen LogP contribution is -2.70. The number of Topliss-reactive ketones (excluding diaryl/α,β-unsaturated/α-hetero) is 1. The molecule has 4 saturated carbocycles. The van der Waals surface area contributed by atoms with Crippen LogP contribution in [0.15, 0.2) is 18.2 Å². The number of hydrogen-bond acceptors (Lipinski definition) is 7. The molecule has 1 heterocycles. The first-order valence-corrected chi connectivity index (χ1v) is 17.9. The van der Waals surface area contributed by atoms with Crippen LogP contribution in [0.3, 0.4) is 0 Å². The highest BCUT2D eigenvalue weighted by molar-refractivity contribution is 7.62. The minimum absolute atomic E-state index is 0.0379. The van der Waals surface area contributed by atoms with Gasteiger partial charge in [-0.15, -0.1) is 0 Å². The van der Waals surface area contributed by atoms with Crippen LogP contribution in [0.5, 0.6) is 0 Å². The molecule has 1 saturated heterocycles. The van der Waals surface area contributed by atoms with Crippen LogP contribution in [-0.2, 0) is 34.3 Å². The van der Waals surface area contributed by atoms with Crippen molar-refractivity contribution < 1.29 is 33.0 Å². The molecule has 7 rings (SSSR count). The normalized spacial score (nSPS) is 41.5. The molecule has 7 atom stereocenters. The molecule has 8 heteroatoms. The van der Waals surface area contributed by atoms with E-state index in [0.717, 1.165) is 44.1 Å². The maximum atomic E-state index is 13.9. The highest BCUT2D eigenvalue weighted by atomic mass is 31.2. The standard InChI is InChI=1S/C34H49O7P/c1-6-40-42(37,41-7-2)23-8-9-24-22(16-23)17-32-14-15-34(38-20-30(3,4)21-39-34)19-33(32,36)13-12-25-27-10-11-28(35)31(27,5)18-26(24)29(25)32/h8-9,16,25-27,29,36H,6-7,10-15,17-21H2,1-5H3/t25-,26?,27-,29?,31-,32-,33+/m0/s1. The molecule has 1 aromatic rings. The summed E-state index contributed by atoms with van der Waals surface area (Å²) in [6, 6.07) is 6.11. The summed E-state index contributed by atoms with van der Waals surface area (Å²) in [7, 11) is -3.47. The maximum Gasteiger partial charge on any atom is 0.361 e. The van der Waals surface area contributed by atoms with Gasteiger partial charge < -0.3 is 23.6 Å². The number of carbonyl (C=O) groups excluding carboxylic acids is 1. The molecule has 0 amide bonds. The summed E-state index contributed by atoms with van der Waals surface area (Å²) in [6.07, 6.45) is 6.89. The maximum absolute atomic E-state index is 13.9. The Balaban J connectivity index is 1.34. The molecular formula is C34H49O7P. The smallest absolute Gasteiger partial charge is 0.361 e. The Morgan fingerprint density at radius 2 is 1.74 bits per heavy atom. The molecule has 1 aromatic carbocycles. The summed E-state index contributed by atoms with van der Waals surface area (Å²) in [6.45, 7) is 12.1. The fourth-order valence-electron chi connectivity index (χ4n) is 10.7. The molecule has 0 aromatic heterocycles. The van der Waals surface area contributed by atoms with Gasteiger partial charge in [0.1, 0.15) is 5.78 Å². The lowest BCUT2D eigenvalue weighted by molar-refractivity contribution is -0.357. The van der Waals surface area contributed by atoms with Crippen molar-refractivity contribution >= 4 is 18.7 Å². The first-order valence-electron chi connectivity index (χ1n) is 16.4. The van der Waals surface area contributed by atoms with Crippen LogP contribution >= 0.6 is 7.60 Å². The number of aliphatic hydroxyl groups is 1. The number of ketones is 1. The van der Waals surface area contributed by atoms with E-state index in [2.05, 4.69) is 26.8 Å². The molecule has 0 bridgehead atoms. The van der Waals surface area contributed by atoms with E-state index in [4.69, 9.17) is 18.5 Å². The van der Waals surface area contributed by atoms with Gasteiger partial charge in [0.25, 0.3) is 0 Å². The Kier molecular flexibility index (Phi) is 6.85. The lowest BCUT2D eigenvalue weighted by atomic mass is 9.37. The van der Waals surface area contributed by atoms with Crippen LogP contribution in [0, 0.1) is 34.0 Å². The van der Waals surface area contributed by atoms with Gasteiger partial charge in [0.15, 0.2) is 5.79 Å². The molecule has 7 nitrogen and oxygen atoms in total. The average Bonchev–Trinajstić information content (AvgIpc) is 3.24. The third-order valence-electron chi connectivity index (χ3n) is 12.6. The van der Waals surface area contributed by atoms with Gasteiger partial charge in [-0.1, -0.05) is 26.8 Å². The second-order valence-electron chi connectivity index (χ2n) is 15.4. The van der Waals surface area contributed by atoms with Crippen molar-refractivity contribution in [1.29, 1.82) is 0 Å². The van der Waals surface area contributed by atoms with Crippen molar-refractivity contribution in [1.82, 2.24) is 0 Å². The number of benzene rings is 1. The molecule has 232 valence electrons. The van der Waals surface area contributed by atoms with E-state index in [1.807, 2.05) is 26.0 Å². The second-order valence-corrected chi connectivity index (χ2v) is 17.5. The first-order chi connectivity index (χ1) is 19.8. The second kappa shape index (κ2) is 9.71. The molecule has 6 aliphatic rings. The molecular weight excluding hydrogens is 551 g/mol. The van der Waals surface area contributed by atoms with Gasteiger partial charge in [-0.2, -0.15) is 0 Å². The van der Waals surface area contributed by atoms with Gasteiger partial charge in [0, 0.05) is 35.5 Å². The summed E-state index contributed by atoms with van der Waals surface area (Å²) in [5.74, 6) is 0.919. The molecule has 1 aliphatic heterocycles. The SMILES string of the molecule is CCOP(=O)(OCC)c1ccc2c(c1)C[C@]13CCC4(C[C@]1(O)CC[C@@H]1C3C2C[C@]2(C)C(=O)CC[C@@H]12)OCC(C)(C)CO4. The molecule has 1 N–H and O–H groups in total. The zero-order valence-electron chi connectivity index (χ0n) is 26.1. The van der Waals surface area contributed by atoms with Crippen molar-refractivity contribution in [2.45, 2.75) is 110 Å². The van der Waals surface area contributed by atoms with Gasteiger partial charge in [0.2, 0.25) is 0 Å². The number of ether oxygens (including phenoxy) is 2. The summed E-state index contributed by atoms with van der Waals surface area (Å²) in [5.41, 5.74) is 0.727. The summed E-state index contributed by atoms with van der Waals surface area (Å²) < 4.78 is 38.4. The van der Waals surface area contributed by atoms with Crippen molar-refractivity contribution in [3.63, 3.8) is 0 Å². The molecule has 5 aliphatic carbocycles. The molecule has 2 spiro atoms. The topological polar surface area (TPSA) is 91.3 Å². The predicted molar refractivity (Wildman–Crippen MR) is 160 cm³/mol. The van der Waals surface area contributed by atoms with E-state index in [9.17, 15) is 14.5 Å². The molecule has 0 radical (unpaired) electrons. The van der Waals surface area contributed by atoms with Crippen LogP contribution < -0.4 is 5.30 Å². The number of carbonyl (C=O) groups is 1. The van der Waals surface area contributed by atoms with E-state index in [1.165, 1.54) is 5.56 Å². The fourth-order valence-corrected chi connectivity index (χ4v) is 12.4.